The smallest absolute Gasteiger partial charge is 0.241 e. The Labute approximate surface area is 82.9 Å². The van der Waals surface area contributed by atoms with Crippen molar-refractivity contribution >= 4 is 12.0 Å². The van der Waals surface area contributed by atoms with Gasteiger partial charge in [0.25, 0.3) is 0 Å². The van der Waals surface area contributed by atoms with E-state index in [0.29, 0.717) is 5.92 Å². The van der Waals surface area contributed by atoms with Crippen molar-refractivity contribution < 1.29 is 4.79 Å². The summed E-state index contributed by atoms with van der Waals surface area (Å²) >= 11 is 0. The van der Waals surface area contributed by atoms with Gasteiger partial charge in [-0.25, -0.2) is 9.97 Å². The van der Waals surface area contributed by atoms with Crippen molar-refractivity contribution in [3.8, 4) is 0 Å². The maximum atomic E-state index is 10.4. The van der Waals surface area contributed by atoms with Crippen LogP contribution in [0.4, 0.5) is 0 Å². The summed E-state index contributed by atoms with van der Waals surface area (Å²) in [6, 6.07) is 0. The highest BCUT2D eigenvalue weighted by atomic mass is 16.1. The van der Waals surface area contributed by atoms with E-state index in [2.05, 4.69) is 9.97 Å². The number of nitrogens with two attached hydrogens (primary N) is 1. The Hall–Kier alpha value is -1.71. The number of carbonyl (C=O) groups is 1. The molecule has 2 N–H and O–H groups in total. The van der Waals surface area contributed by atoms with Crippen LogP contribution in [-0.4, -0.2) is 15.9 Å². The Bertz CT molecular complexity index is 341. The summed E-state index contributed by atoms with van der Waals surface area (Å²) < 4.78 is 0. The van der Waals surface area contributed by atoms with Crippen LogP contribution in [-0.2, 0) is 4.79 Å². The lowest BCUT2D eigenvalue weighted by Gasteiger charge is -2.01. The van der Waals surface area contributed by atoms with E-state index in [1.165, 1.54) is 6.08 Å². The predicted molar refractivity (Wildman–Crippen MR) is 54.3 cm³/mol. The summed E-state index contributed by atoms with van der Waals surface area (Å²) in [5.41, 5.74) is 5.72. The van der Waals surface area contributed by atoms with Crippen LogP contribution in [0.1, 0.15) is 31.2 Å². The SMILES string of the molecule is CC(C)c1ncc(/C=C\C(N)=O)cn1. The van der Waals surface area contributed by atoms with Crippen molar-refractivity contribution in [2.75, 3.05) is 0 Å². The fraction of sp³-hybridized carbons (Fsp3) is 0.300. The summed E-state index contributed by atoms with van der Waals surface area (Å²) in [6.45, 7) is 4.04. The largest absolute Gasteiger partial charge is 0.366 e. The fourth-order valence-electron chi connectivity index (χ4n) is 0.911. The summed E-state index contributed by atoms with van der Waals surface area (Å²) in [5.74, 6) is 0.628. The summed E-state index contributed by atoms with van der Waals surface area (Å²) in [5, 5.41) is 0. The number of rotatable bonds is 3. The molecule has 0 aliphatic carbocycles. The van der Waals surface area contributed by atoms with Crippen LogP contribution in [0.3, 0.4) is 0 Å². The lowest BCUT2D eigenvalue weighted by atomic mass is 10.2. The zero-order valence-corrected chi connectivity index (χ0v) is 8.27. The lowest BCUT2D eigenvalue weighted by Crippen LogP contribution is -2.05. The quantitative estimate of drug-likeness (QED) is 0.727. The Morgan fingerprint density at radius 1 is 1.43 bits per heavy atom. The monoisotopic (exact) mass is 191 g/mol. The third-order valence-corrected chi connectivity index (χ3v) is 1.65. The highest BCUT2D eigenvalue weighted by Gasteiger charge is 2.00. The minimum absolute atomic E-state index is 0.309. The van der Waals surface area contributed by atoms with Crippen molar-refractivity contribution in [3.63, 3.8) is 0 Å². The number of carbonyl (C=O) groups excluding carboxylic acids is 1. The molecule has 0 spiro atoms. The number of amides is 1. The molecular weight excluding hydrogens is 178 g/mol. The standard InChI is InChI=1S/C10H13N3O/c1-7(2)10-12-5-8(6-13-10)3-4-9(11)14/h3-7H,1-2H3,(H2,11,14)/b4-3-. The third kappa shape index (κ3) is 2.97. The zero-order valence-electron chi connectivity index (χ0n) is 8.27. The van der Waals surface area contributed by atoms with Crippen LogP contribution in [0.2, 0.25) is 0 Å². The zero-order chi connectivity index (χ0) is 10.6. The first kappa shape index (κ1) is 10.4. The van der Waals surface area contributed by atoms with E-state index in [4.69, 9.17) is 5.73 Å². The summed E-state index contributed by atoms with van der Waals surface area (Å²) in [4.78, 5) is 18.7. The van der Waals surface area contributed by atoms with Crippen LogP contribution >= 0.6 is 0 Å². The number of aromatic nitrogens is 2. The van der Waals surface area contributed by atoms with Crippen molar-refractivity contribution in [1.82, 2.24) is 9.97 Å². The van der Waals surface area contributed by atoms with Gasteiger partial charge in [-0.1, -0.05) is 13.8 Å². The second kappa shape index (κ2) is 4.50. The van der Waals surface area contributed by atoms with Gasteiger partial charge in [0.15, 0.2) is 0 Å². The van der Waals surface area contributed by atoms with Crippen molar-refractivity contribution in [3.05, 3.63) is 29.9 Å². The molecule has 4 nitrogen and oxygen atoms in total. The van der Waals surface area contributed by atoms with Gasteiger partial charge in [0.2, 0.25) is 5.91 Å². The lowest BCUT2D eigenvalue weighted by molar-refractivity contribution is -0.113. The molecule has 0 saturated carbocycles. The molecule has 1 aromatic rings. The highest BCUT2D eigenvalue weighted by molar-refractivity contribution is 5.90. The van der Waals surface area contributed by atoms with Gasteiger partial charge in [-0.2, -0.15) is 0 Å². The van der Waals surface area contributed by atoms with Crippen LogP contribution in [0.25, 0.3) is 6.08 Å². The minimum atomic E-state index is -0.474. The first-order chi connectivity index (χ1) is 6.59. The third-order valence-electron chi connectivity index (χ3n) is 1.65. The maximum absolute atomic E-state index is 10.4. The molecule has 1 amide bonds. The molecule has 1 aromatic heterocycles. The van der Waals surface area contributed by atoms with E-state index in [9.17, 15) is 4.79 Å². The second-order valence-corrected chi connectivity index (χ2v) is 3.26. The Balaban J connectivity index is 2.78. The molecule has 0 aromatic carbocycles. The Kier molecular flexibility index (Phi) is 3.34. The van der Waals surface area contributed by atoms with Gasteiger partial charge in [0, 0.05) is 30.0 Å². The Morgan fingerprint density at radius 3 is 2.43 bits per heavy atom. The molecule has 74 valence electrons. The molecule has 0 aliphatic heterocycles. The molecule has 0 atom stereocenters. The molecule has 0 bridgehead atoms. The summed E-state index contributed by atoms with van der Waals surface area (Å²) in [6.07, 6.45) is 6.21. The molecule has 0 saturated heterocycles. The maximum Gasteiger partial charge on any atom is 0.241 e. The highest BCUT2D eigenvalue weighted by Crippen LogP contribution is 2.08. The molecule has 1 rings (SSSR count). The molecule has 14 heavy (non-hydrogen) atoms. The fourth-order valence-corrected chi connectivity index (χ4v) is 0.911. The average Bonchev–Trinajstić information content (AvgIpc) is 2.15. The van der Waals surface area contributed by atoms with Gasteiger partial charge in [-0.05, 0) is 6.08 Å². The van der Waals surface area contributed by atoms with E-state index >= 15 is 0 Å². The average molecular weight is 191 g/mol. The van der Waals surface area contributed by atoms with Crippen LogP contribution in [0, 0.1) is 0 Å². The topological polar surface area (TPSA) is 68.9 Å². The predicted octanol–water partition coefficient (Wildman–Crippen LogP) is 1.10. The van der Waals surface area contributed by atoms with Gasteiger partial charge in [0.1, 0.15) is 5.82 Å². The molecule has 0 aliphatic rings. The van der Waals surface area contributed by atoms with Crippen molar-refractivity contribution in [1.29, 1.82) is 0 Å². The van der Waals surface area contributed by atoms with Gasteiger partial charge in [-0.3, -0.25) is 4.79 Å². The second-order valence-electron chi connectivity index (χ2n) is 3.26. The molecule has 4 heteroatoms. The Morgan fingerprint density at radius 2 is 2.00 bits per heavy atom. The van der Waals surface area contributed by atoms with E-state index in [0.717, 1.165) is 11.4 Å². The molecule has 0 unspecified atom stereocenters. The molecule has 1 heterocycles. The van der Waals surface area contributed by atoms with E-state index < -0.39 is 5.91 Å². The van der Waals surface area contributed by atoms with Crippen molar-refractivity contribution in [2.24, 2.45) is 5.73 Å². The number of nitrogens with zero attached hydrogens (tertiary/aromatic N) is 2. The minimum Gasteiger partial charge on any atom is -0.366 e. The van der Waals surface area contributed by atoms with Gasteiger partial charge in [-0.15, -0.1) is 0 Å². The molecular formula is C10H13N3O. The van der Waals surface area contributed by atoms with Crippen LogP contribution < -0.4 is 5.73 Å². The van der Waals surface area contributed by atoms with Crippen LogP contribution in [0.5, 0.6) is 0 Å². The first-order valence-corrected chi connectivity index (χ1v) is 4.39. The van der Waals surface area contributed by atoms with Crippen LogP contribution in [0.15, 0.2) is 18.5 Å². The normalized spacial score (nSPS) is 11.1. The molecule has 0 radical (unpaired) electrons. The van der Waals surface area contributed by atoms with E-state index in [1.807, 2.05) is 13.8 Å². The number of hydrogen-bond acceptors (Lipinski definition) is 3. The summed E-state index contributed by atoms with van der Waals surface area (Å²) in [7, 11) is 0. The molecule has 0 fully saturated rings. The number of hydrogen-bond donors (Lipinski definition) is 1. The van der Waals surface area contributed by atoms with Crippen molar-refractivity contribution in [2.45, 2.75) is 19.8 Å². The van der Waals surface area contributed by atoms with E-state index in [1.54, 1.807) is 18.5 Å². The van der Waals surface area contributed by atoms with E-state index in [-0.39, 0.29) is 0 Å². The van der Waals surface area contributed by atoms with Gasteiger partial charge < -0.3 is 5.73 Å². The van der Waals surface area contributed by atoms with Gasteiger partial charge >= 0.3 is 0 Å². The first-order valence-electron chi connectivity index (χ1n) is 4.39. The number of primary amides is 1. The van der Waals surface area contributed by atoms with Gasteiger partial charge in [0.05, 0.1) is 0 Å².